The van der Waals surface area contributed by atoms with Gasteiger partial charge < -0.3 is 20.3 Å². The minimum absolute atomic E-state index is 0.0393. The summed E-state index contributed by atoms with van der Waals surface area (Å²) in [7, 11) is 0. The van der Waals surface area contributed by atoms with E-state index in [1.165, 1.54) is 0 Å². The molecule has 0 saturated carbocycles. The summed E-state index contributed by atoms with van der Waals surface area (Å²) < 4.78 is 5.22. The Morgan fingerprint density at radius 2 is 1.71 bits per heavy atom. The molecule has 1 aromatic rings. The third kappa shape index (κ3) is 8.89. The number of thiol groups is 1. The zero-order chi connectivity index (χ0) is 23.8. The van der Waals surface area contributed by atoms with Crippen molar-refractivity contribution in [2.45, 2.75) is 64.8 Å². The Morgan fingerprint density at radius 1 is 1.13 bits per heavy atom. The summed E-state index contributed by atoms with van der Waals surface area (Å²) in [5, 5.41) is 14.7. The van der Waals surface area contributed by atoms with E-state index in [0.29, 0.717) is 5.56 Å². The fourth-order valence-electron chi connectivity index (χ4n) is 2.75. The smallest absolute Gasteiger partial charge is 0.408 e. The fraction of sp³-hybridized carbons (Fsp3) is 0.545. The fourth-order valence-corrected chi connectivity index (χ4v) is 3.00. The molecule has 0 spiro atoms. The quantitative estimate of drug-likeness (QED) is 0.439. The minimum Gasteiger partial charge on any atom is -0.444 e. The van der Waals surface area contributed by atoms with Crippen molar-refractivity contribution in [3.05, 3.63) is 35.9 Å². The van der Waals surface area contributed by atoms with Crippen molar-refractivity contribution in [2.24, 2.45) is 0 Å². The van der Waals surface area contributed by atoms with Crippen LogP contribution in [0.2, 0.25) is 0 Å². The number of amides is 3. The molecule has 0 aliphatic heterocycles. The Hall–Kier alpha value is -2.73. The zero-order valence-electron chi connectivity index (χ0n) is 18.9. The monoisotopic (exact) mass is 448 g/mol. The highest BCUT2D eigenvalue weighted by Gasteiger charge is 2.36. The summed E-state index contributed by atoms with van der Waals surface area (Å²) in [6.45, 7) is 10.2. The SMILES string of the molecule is CC(C)(C)NC(=O)C(c1ccccc1)N(CC#N)C(=O)C(CS)NC(=O)OC(C)(C)C. The van der Waals surface area contributed by atoms with Crippen molar-refractivity contribution in [3.8, 4) is 6.07 Å². The van der Waals surface area contributed by atoms with Gasteiger partial charge in [-0.3, -0.25) is 9.59 Å². The van der Waals surface area contributed by atoms with Crippen LogP contribution >= 0.6 is 12.6 Å². The van der Waals surface area contributed by atoms with Crippen LogP contribution in [0.3, 0.4) is 0 Å². The molecular formula is C22H32N4O4S. The van der Waals surface area contributed by atoms with Gasteiger partial charge in [-0.1, -0.05) is 30.3 Å². The van der Waals surface area contributed by atoms with Crippen LogP contribution in [0.1, 0.15) is 53.1 Å². The summed E-state index contributed by atoms with van der Waals surface area (Å²) in [5.74, 6) is -1.08. The lowest BCUT2D eigenvalue weighted by Crippen LogP contribution is -2.55. The first-order chi connectivity index (χ1) is 14.3. The highest BCUT2D eigenvalue weighted by atomic mass is 32.1. The first-order valence-electron chi connectivity index (χ1n) is 9.94. The molecule has 0 radical (unpaired) electrons. The van der Waals surface area contributed by atoms with Crippen molar-refractivity contribution in [1.82, 2.24) is 15.5 Å². The molecule has 0 saturated heterocycles. The number of nitrogens with zero attached hydrogens (tertiary/aromatic N) is 2. The van der Waals surface area contributed by atoms with Gasteiger partial charge in [-0.05, 0) is 47.1 Å². The van der Waals surface area contributed by atoms with E-state index < -0.39 is 41.1 Å². The minimum atomic E-state index is -1.08. The summed E-state index contributed by atoms with van der Waals surface area (Å²) in [5.41, 5.74) is -0.758. The molecule has 0 bridgehead atoms. The first kappa shape index (κ1) is 26.3. The normalized spacial score (nSPS) is 13.4. The molecule has 170 valence electrons. The standard InChI is InChI=1S/C22H32N4O4S/c1-21(2,3)25-18(27)17(15-10-8-7-9-11-15)26(13-12-23)19(28)16(14-31)24-20(29)30-22(4,5)6/h7-11,16-17,31H,13-14H2,1-6H3,(H,24,29)(H,25,27). The molecular weight excluding hydrogens is 416 g/mol. The number of carbonyl (C=O) groups excluding carboxylic acids is 3. The van der Waals surface area contributed by atoms with Gasteiger partial charge in [0.2, 0.25) is 11.8 Å². The van der Waals surface area contributed by atoms with Crippen molar-refractivity contribution in [1.29, 1.82) is 5.26 Å². The van der Waals surface area contributed by atoms with Gasteiger partial charge in [-0.2, -0.15) is 17.9 Å². The van der Waals surface area contributed by atoms with Gasteiger partial charge in [0, 0.05) is 11.3 Å². The molecule has 1 aromatic carbocycles. The summed E-state index contributed by atoms with van der Waals surface area (Å²) in [6.07, 6.45) is -0.785. The molecule has 0 fully saturated rings. The van der Waals surface area contributed by atoms with E-state index in [0.717, 1.165) is 4.90 Å². The third-order valence-corrected chi connectivity index (χ3v) is 4.23. The van der Waals surface area contributed by atoms with Crippen LogP contribution in [0.25, 0.3) is 0 Å². The number of hydrogen-bond acceptors (Lipinski definition) is 6. The maximum atomic E-state index is 13.3. The number of ether oxygens (including phenoxy) is 1. The second kappa shape index (κ2) is 11.0. The molecule has 9 heteroatoms. The van der Waals surface area contributed by atoms with Crippen molar-refractivity contribution in [2.75, 3.05) is 12.3 Å². The maximum Gasteiger partial charge on any atom is 0.408 e. The van der Waals surface area contributed by atoms with Crippen LogP contribution in [-0.2, 0) is 14.3 Å². The van der Waals surface area contributed by atoms with E-state index in [4.69, 9.17) is 4.74 Å². The van der Waals surface area contributed by atoms with Crippen LogP contribution in [0.15, 0.2) is 30.3 Å². The molecule has 0 aliphatic rings. The molecule has 0 heterocycles. The largest absolute Gasteiger partial charge is 0.444 e. The Bertz CT molecular complexity index is 810. The zero-order valence-corrected chi connectivity index (χ0v) is 19.8. The number of hydrogen-bond donors (Lipinski definition) is 3. The molecule has 1 rings (SSSR count). The van der Waals surface area contributed by atoms with Crippen LogP contribution in [0.5, 0.6) is 0 Å². The van der Waals surface area contributed by atoms with Crippen molar-refractivity contribution >= 4 is 30.5 Å². The van der Waals surface area contributed by atoms with Crippen LogP contribution in [-0.4, -0.2) is 52.3 Å². The Labute approximate surface area is 189 Å². The van der Waals surface area contributed by atoms with E-state index in [2.05, 4.69) is 23.3 Å². The number of nitriles is 1. The third-order valence-electron chi connectivity index (χ3n) is 3.87. The predicted molar refractivity (Wildman–Crippen MR) is 121 cm³/mol. The van der Waals surface area contributed by atoms with E-state index in [1.54, 1.807) is 51.1 Å². The number of benzene rings is 1. The van der Waals surface area contributed by atoms with Gasteiger partial charge >= 0.3 is 6.09 Å². The number of alkyl carbamates (subject to hydrolysis) is 1. The Balaban J connectivity index is 3.29. The maximum absolute atomic E-state index is 13.3. The summed E-state index contributed by atoms with van der Waals surface area (Å²) in [4.78, 5) is 39.8. The Kier molecular flexibility index (Phi) is 9.38. The summed E-state index contributed by atoms with van der Waals surface area (Å²) in [6, 6.07) is 8.50. The van der Waals surface area contributed by atoms with Gasteiger partial charge in [0.05, 0.1) is 6.07 Å². The van der Waals surface area contributed by atoms with Gasteiger partial charge in [0.1, 0.15) is 24.2 Å². The molecule has 31 heavy (non-hydrogen) atoms. The van der Waals surface area contributed by atoms with Gasteiger partial charge in [0.25, 0.3) is 0 Å². The molecule has 0 aromatic heterocycles. The average molecular weight is 449 g/mol. The van der Waals surface area contributed by atoms with Crippen molar-refractivity contribution < 1.29 is 19.1 Å². The second-order valence-electron chi connectivity index (χ2n) is 9.06. The van der Waals surface area contributed by atoms with E-state index in [1.807, 2.05) is 26.8 Å². The highest BCUT2D eigenvalue weighted by molar-refractivity contribution is 7.80. The molecule has 2 unspecified atom stereocenters. The van der Waals surface area contributed by atoms with Gasteiger partial charge in [-0.15, -0.1) is 0 Å². The molecule has 2 atom stereocenters. The van der Waals surface area contributed by atoms with Gasteiger partial charge in [0.15, 0.2) is 0 Å². The lowest BCUT2D eigenvalue weighted by atomic mass is 10.0. The summed E-state index contributed by atoms with van der Waals surface area (Å²) >= 11 is 4.18. The van der Waals surface area contributed by atoms with Crippen LogP contribution in [0, 0.1) is 11.3 Å². The van der Waals surface area contributed by atoms with E-state index >= 15 is 0 Å². The topological polar surface area (TPSA) is 112 Å². The molecule has 0 aliphatic carbocycles. The molecule has 8 nitrogen and oxygen atoms in total. The van der Waals surface area contributed by atoms with E-state index in [9.17, 15) is 19.6 Å². The number of rotatable bonds is 7. The second-order valence-corrected chi connectivity index (χ2v) is 9.42. The number of nitrogens with one attached hydrogen (secondary N) is 2. The van der Waals surface area contributed by atoms with Crippen LogP contribution in [0.4, 0.5) is 4.79 Å². The number of carbonyl (C=O) groups is 3. The van der Waals surface area contributed by atoms with Crippen LogP contribution < -0.4 is 10.6 Å². The molecule has 2 N–H and O–H groups in total. The molecule has 3 amide bonds. The average Bonchev–Trinajstić information content (AvgIpc) is 2.63. The first-order valence-corrected chi connectivity index (χ1v) is 10.6. The predicted octanol–water partition coefficient (Wildman–Crippen LogP) is 2.82. The Morgan fingerprint density at radius 3 is 2.16 bits per heavy atom. The lowest BCUT2D eigenvalue weighted by Gasteiger charge is -2.34. The highest BCUT2D eigenvalue weighted by Crippen LogP contribution is 2.23. The van der Waals surface area contributed by atoms with E-state index in [-0.39, 0.29) is 12.3 Å². The van der Waals surface area contributed by atoms with Gasteiger partial charge in [-0.25, -0.2) is 4.79 Å². The lowest BCUT2D eigenvalue weighted by molar-refractivity contribution is -0.141. The van der Waals surface area contributed by atoms with Crippen molar-refractivity contribution in [3.63, 3.8) is 0 Å².